The van der Waals surface area contributed by atoms with Gasteiger partial charge < -0.3 is 19.8 Å². The highest BCUT2D eigenvalue weighted by Crippen LogP contribution is 2.68. The van der Waals surface area contributed by atoms with E-state index in [1.54, 1.807) is 69.9 Å². The van der Waals surface area contributed by atoms with Crippen LogP contribution < -0.4 is 4.90 Å². The first-order valence-corrected chi connectivity index (χ1v) is 14.6. The molecule has 1 spiro atoms. The Kier molecular flexibility index (Phi) is 8.48. The third-order valence-electron chi connectivity index (χ3n) is 7.82. The number of fused-ring (bicyclic) bond motifs is 1. The Morgan fingerprint density at radius 1 is 1.30 bits per heavy atom. The molecule has 0 aromatic heterocycles. The fourth-order valence-electron chi connectivity index (χ4n) is 6.23. The average Bonchev–Trinajstić information content (AvgIpc) is 3.47. The van der Waals surface area contributed by atoms with Crippen LogP contribution in [0, 0.1) is 11.8 Å². The molecule has 1 aromatic rings. The summed E-state index contributed by atoms with van der Waals surface area (Å²) in [5.41, 5.74) is 0.532. The van der Waals surface area contributed by atoms with Gasteiger partial charge in [-0.3, -0.25) is 14.4 Å². The minimum Gasteiger partial charge on any atom is -0.394 e. The van der Waals surface area contributed by atoms with Crippen molar-refractivity contribution in [2.75, 3.05) is 31.6 Å². The van der Waals surface area contributed by atoms with Crippen LogP contribution in [-0.4, -0.2) is 86.3 Å². The lowest BCUT2D eigenvalue weighted by Gasteiger charge is -2.40. The summed E-state index contributed by atoms with van der Waals surface area (Å²) in [5, 5.41) is 10.5. The van der Waals surface area contributed by atoms with E-state index in [-0.39, 0.29) is 41.0 Å². The number of alkyl halides is 1. The molecule has 3 aliphatic rings. The molecule has 200 valence electrons. The Morgan fingerprint density at radius 3 is 2.57 bits per heavy atom. The molecule has 10 heteroatoms. The lowest BCUT2D eigenvalue weighted by atomic mass is 9.70. The van der Waals surface area contributed by atoms with Crippen molar-refractivity contribution in [2.45, 2.75) is 46.7 Å². The first-order valence-electron chi connectivity index (χ1n) is 12.5. The number of carbonyl (C=O) groups is 3. The SMILES string of the molecule is C=CCN(C)C(=O)[C@H]1[C@@H]2SC3(CC2Br)C(C(=O)N(CC=C)c2ccccc2Cl)N([C@@H](CC)CO)C(=O)[C@H]13. The molecular formula is C27H33BrClN3O4S. The normalized spacial score (nSPS) is 30.7. The van der Waals surface area contributed by atoms with E-state index in [4.69, 9.17) is 11.6 Å². The van der Waals surface area contributed by atoms with Gasteiger partial charge in [0.2, 0.25) is 11.8 Å². The number of amides is 3. The highest BCUT2D eigenvalue weighted by atomic mass is 79.9. The number of likely N-dealkylation sites (N-methyl/N-ethyl adjacent to an activating group) is 1. The summed E-state index contributed by atoms with van der Waals surface area (Å²) in [5.74, 6) is -1.89. The fourth-order valence-corrected chi connectivity index (χ4v) is 10.1. The first-order chi connectivity index (χ1) is 17.7. The van der Waals surface area contributed by atoms with E-state index in [1.165, 1.54) is 0 Å². The molecule has 3 heterocycles. The molecule has 2 bridgehead atoms. The molecule has 37 heavy (non-hydrogen) atoms. The van der Waals surface area contributed by atoms with Gasteiger partial charge in [0.15, 0.2) is 0 Å². The second kappa shape index (κ2) is 11.1. The average molecular weight is 611 g/mol. The molecule has 0 aliphatic carbocycles. The van der Waals surface area contributed by atoms with Crippen LogP contribution in [0.4, 0.5) is 5.69 Å². The Morgan fingerprint density at radius 2 is 1.97 bits per heavy atom. The summed E-state index contributed by atoms with van der Waals surface area (Å²) in [6.07, 6.45) is 4.32. The number of likely N-dealkylation sites (tertiary alicyclic amines) is 1. The van der Waals surface area contributed by atoms with Crippen LogP contribution in [0.25, 0.3) is 0 Å². The number of nitrogens with zero attached hydrogens (tertiary/aromatic N) is 3. The number of hydrogen-bond acceptors (Lipinski definition) is 5. The highest BCUT2D eigenvalue weighted by molar-refractivity contribution is 9.09. The number of para-hydroxylation sites is 1. The van der Waals surface area contributed by atoms with Crippen LogP contribution in [-0.2, 0) is 14.4 Å². The second-order valence-corrected chi connectivity index (χ2v) is 13.0. The van der Waals surface area contributed by atoms with Crippen molar-refractivity contribution in [1.29, 1.82) is 0 Å². The third kappa shape index (κ3) is 4.45. The maximum absolute atomic E-state index is 14.5. The van der Waals surface area contributed by atoms with E-state index in [2.05, 4.69) is 29.1 Å². The standard InChI is InChI=1S/C27H33BrClN3O4S/c1-5-12-30(4)24(34)20-21-25(35)32(16(7-3)15-33)23(27(21)14-17(28)22(20)37-27)26(36)31(13-6-2)19-11-9-8-10-18(19)29/h5-6,8-11,16-17,20-23,33H,1-2,7,12-15H2,3-4H3/t16-,17?,20+,21-,22+,23?,27?/m0/s1. The summed E-state index contributed by atoms with van der Waals surface area (Å²) < 4.78 is -0.814. The molecule has 3 amide bonds. The fraction of sp³-hybridized carbons (Fsp3) is 0.519. The maximum atomic E-state index is 14.5. The predicted octanol–water partition coefficient (Wildman–Crippen LogP) is 3.74. The lowest BCUT2D eigenvalue weighted by Crippen LogP contribution is -2.58. The maximum Gasteiger partial charge on any atom is 0.251 e. The van der Waals surface area contributed by atoms with Gasteiger partial charge in [-0.15, -0.1) is 24.9 Å². The van der Waals surface area contributed by atoms with Crippen molar-refractivity contribution < 1.29 is 19.5 Å². The van der Waals surface area contributed by atoms with Gasteiger partial charge in [0, 0.05) is 30.2 Å². The minimum atomic E-state index is -0.865. The quantitative estimate of drug-likeness (QED) is 0.323. The molecule has 4 rings (SSSR count). The number of anilines is 1. The number of hydrogen-bond donors (Lipinski definition) is 1. The summed E-state index contributed by atoms with van der Waals surface area (Å²) in [6.45, 7) is 9.75. The van der Waals surface area contributed by atoms with Crippen molar-refractivity contribution in [1.82, 2.24) is 9.80 Å². The van der Waals surface area contributed by atoms with Crippen molar-refractivity contribution in [3.63, 3.8) is 0 Å². The minimum absolute atomic E-state index is 0.0368. The summed E-state index contributed by atoms with van der Waals surface area (Å²) in [7, 11) is 1.71. The number of rotatable bonds is 10. The predicted molar refractivity (Wildman–Crippen MR) is 152 cm³/mol. The largest absolute Gasteiger partial charge is 0.394 e. The first kappa shape index (κ1) is 28.2. The second-order valence-electron chi connectivity index (χ2n) is 9.85. The molecule has 1 N–H and O–H groups in total. The number of carbonyl (C=O) groups excluding carboxylic acids is 3. The van der Waals surface area contributed by atoms with Gasteiger partial charge in [-0.1, -0.05) is 58.7 Å². The van der Waals surface area contributed by atoms with Crippen LogP contribution in [0.2, 0.25) is 5.02 Å². The zero-order chi connectivity index (χ0) is 27.1. The molecular weight excluding hydrogens is 578 g/mol. The Balaban J connectivity index is 1.85. The van der Waals surface area contributed by atoms with Crippen LogP contribution in [0.1, 0.15) is 19.8 Å². The lowest BCUT2D eigenvalue weighted by molar-refractivity contribution is -0.144. The van der Waals surface area contributed by atoms with Crippen molar-refractivity contribution in [2.24, 2.45) is 11.8 Å². The van der Waals surface area contributed by atoms with Crippen LogP contribution in [0.3, 0.4) is 0 Å². The van der Waals surface area contributed by atoms with E-state index in [9.17, 15) is 19.5 Å². The van der Waals surface area contributed by atoms with Gasteiger partial charge in [-0.05, 0) is 25.0 Å². The van der Waals surface area contributed by atoms with Crippen LogP contribution in [0.5, 0.6) is 0 Å². The Hall–Kier alpha value is -1.81. The molecule has 7 nitrogen and oxygen atoms in total. The van der Waals surface area contributed by atoms with E-state index in [1.807, 2.05) is 6.92 Å². The molecule has 3 saturated heterocycles. The Labute approximate surface area is 236 Å². The molecule has 0 saturated carbocycles. The topological polar surface area (TPSA) is 81.2 Å². The van der Waals surface area contributed by atoms with Crippen molar-refractivity contribution in [3.8, 4) is 0 Å². The third-order valence-corrected chi connectivity index (χ3v) is 11.4. The van der Waals surface area contributed by atoms with Crippen LogP contribution >= 0.6 is 39.3 Å². The monoisotopic (exact) mass is 609 g/mol. The zero-order valence-corrected chi connectivity index (χ0v) is 24.2. The number of aliphatic hydroxyl groups is 1. The molecule has 0 radical (unpaired) electrons. The van der Waals surface area contributed by atoms with E-state index >= 15 is 0 Å². The van der Waals surface area contributed by atoms with Crippen LogP contribution in [0.15, 0.2) is 49.6 Å². The number of aliphatic hydroxyl groups excluding tert-OH is 1. The molecule has 3 aliphatic heterocycles. The van der Waals surface area contributed by atoms with Gasteiger partial charge >= 0.3 is 0 Å². The highest BCUT2D eigenvalue weighted by Gasteiger charge is 2.76. The molecule has 3 unspecified atom stereocenters. The summed E-state index contributed by atoms with van der Waals surface area (Å²) in [4.78, 5) is 47.1. The van der Waals surface area contributed by atoms with E-state index in [0.29, 0.717) is 30.1 Å². The van der Waals surface area contributed by atoms with Gasteiger partial charge in [0.25, 0.3) is 5.91 Å². The van der Waals surface area contributed by atoms with Gasteiger partial charge in [0.05, 0.1) is 39.9 Å². The molecule has 7 atom stereocenters. The number of halogens is 2. The van der Waals surface area contributed by atoms with Crippen molar-refractivity contribution >= 4 is 62.7 Å². The smallest absolute Gasteiger partial charge is 0.251 e. The zero-order valence-electron chi connectivity index (χ0n) is 21.1. The number of thioether (sulfide) groups is 1. The van der Waals surface area contributed by atoms with Gasteiger partial charge in [-0.25, -0.2) is 0 Å². The van der Waals surface area contributed by atoms with E-state index in [0.717, 1.165) is 0 Å². The summed E-state index contributed by atoms with van der Waals surface area (Å²) >= 11 is 11.9. The van der Waals surface area contributed by atoms with Gasteiger partial charge in [-0.2, -0.15) is 0 Å². The van der Waals surface area contributed by atoms with Crippen molar-refractivity contribution in [3.05, 3.63) is 54.6 Å². The van der Waals surface area contributed by atoms with Gasteiger partial charge in [0.1, 0.15) is 6.04 Å². The summed E-state index contributed by atoms with van der Waals surface area (Å²) in [6, 6.07) is 5.67. The molecule has 3 fully saturated rings. The molecule has 1 aromatic carbocycles. The van der Waals surface area contributed by atoms with E-state index < -0.39 is 28.7 Å². The number of benzene rings is 1. The Bertz CT molecular complexity index is 1100.